The van der Waals surface area contributed by atoms with E-state index in [4.69, 9.17) is 4.74 Å². The number of amides is 2. The van der Waals surface area contributed by atoms with Crippen LogP contribution in [0, 0.1) is 13.8 Å². The van der Waals surface area contributed by atoms with Crippen LogP contribution in [0.1, 0.15) is 66.0 Å². The van der Waals surface area contributed by atoms with Crippen LogP contribution in [0.4, 0.5) is 0 Å². The molecule has 0 aliphatic carbocycles. The Bertz CT molecular complexity index is 1080. The van der Waals surface area contributed by atoms with Crippen molar-refractivity contribution in [2.24, 2.45) is 0 Å². The minimum atomic E-state index is -0.493. The molecule has 8 nitrogen and oxygen atoms in total. The lowest BCUT2D eigenvalue weighted by atomic mass is 9.82. The van der Waals surface area contributed by atoms with Crippen molar-refractivity contribution >= 4 is 17.6 Å². The predicted molar refractivity (Wildman–Crippen MR) is 118 cm³/mol. The number of carbonyl (C=O) groups excluding carboxylic acids is 3. The molecular formula is C24H30N4O4. The van der Waals surface area contributed by atoms with Crippen LogP contribution in [-0.2, 0) is 16.1 Å². The van der Waals surface area contributed by atoms with Gasteiger partial charge in [-0.2, -0.15) is 5.10 Å². The Labute approximate surface area is 187 Å². The first-order valence-electron chi connectivity index (χ1n) is 11.1. The van der Waals surface area contributed by atoms with E-state index < -0.39 is 5.60 Å². The molecule has 2 amide bonds. The average Bonchev–Trinajstić information content (AvgIpc) is 2.95. The molecule has 1 aromatic heterocycles. The van der Waals surface area contributed by atoms with Gasteiger partial charge in [0.25, 0.3) is 0 Å². The zero-order chi connectivity index (χ0) is 23.0. The summed E-state index contributed by atoms with van der Waals surface area (Å²) in [6.45, 7) is 5.76. The van der Waals surface area contributed by atoms with E-state index in [0.717, 1.165) is 17.7 Å². The number of fused-ring (bicyclic) bond motifs is 1. The molecule has 3 heterocycles. The number of hydrogen-bond acceptors (Lipinski definition) is 5. The van der Waals surface area contributed by atoms with Crippen LogP contribution in [0.25, 0.3) is 0 Å². The molecular weight excluding hydrogens is 408 g/mol. The molecule has 0 saturated carbocycles. The Morgan fingerprint density at radius 2 is 2.00 bits per heavy atom. The second-order valence-corrected chi connectivity index (χ2v) is 8.97. The Morgan fingerprint density at radius 1 is 1.25 bits per heavy atom. The summed E-state index contributed by atoms with van der Waals surface area (Å²) in [7, 11) is 1.82. The number of ether oxygens (including phenoxy) is 1. The molecule has 0 bridgehead atoms. The van der Waals surface area contributed by atoms with Gasteiger partial charge in [-0.15, -0.1) is 0 Å². The van der Waals surface area contributed by atoms with Crippen LogP contribution in [0.2, 0.25) is 0 Å². The molecule has 1 spiro atoms. The van der Waals surface area contributed by atoms with Gasteiger partial charge in [0.05, 0.1) is 17.3 Å². The number of nitrogens with one attached hydrogen (secondary N) is 1. The number of aryl methyl sites for hydroxylation is 1. The van der Waals surface area contributed by atoms with Gasteiger partial charge >= 0.3 is 0 Å². The van der Waals surface area contributed by atoms with E-state index in [1.165, 1.54) is 6.92 Å². The molecule has 2 aromatic rings. The summed E-state index contributed by atoms with van der Waals surface area (Å²) in [5.41, 5.74) is 2.34. The molecule has 1 N–H and O–H groups in total. The summed E-state index contributed by atoms with van der Waals surface area (Å²) in [6, 6.07) is 7.52. The van der Waals surface area contributed by atoms with E-state index in [1.807, 2.05) is 38.2 Å². The van der Waals surface area contributed by atoms with Gasteiger partial charge in [0.2, 0.25) is 11.8 Å². The fourth-order valence-corrected chi connectivity index (χ4v) is 4.94. The van der Waals surface area contributed by atoms with Crippen molar-refractivity contribution < 1.29 is 19.1 Å². The minimum Gasteiger partial charge on any atom is -0.487 e. The van der Waals surface area contributed by atoms with E-state index in [1.54, 1.807) is 16.5 Å². The monoisotopic (exact) mass is 438 g/mol. The quantitative estimate of drug-likeness (QED) is 0.741. The van der Waals surface area contributed by atoms with Gasteiger partial charge in [-0.3, -0.25) is 19.1 Å². The van der Waals surface area contributed by atoms with E-state index >= 15 is 0 Å². The fraction of sp³-hybridized carbons (Fsp3) is 0.500. The molecule has 1 saturated heterocycles. The number of nitrogens with zero attached hydrogens (tertiary/aromatic N) is 3. The van der Waals surface area contributed by atoms with Gasteiger partial charge in [-0.25, -0.2) is 0 Å². The van der Waals surface area contributed by atoms with Crippen molar-refractivity contribution in [3.05, 3.63) is 46.8 Å². The van der Waals surface area contributed by atoms with Crippen molar-refractivity contribution in [3.63, 3.8) is 0 Å². The predicted octanol–water partition coefficient (Wildman–Crippen LogP) is 2.72. The number of carbonyl (C=O) groups is 3. The highest BCUT2D eigenvalue weighted by atomic mass is 16.5. The number of hydrogen-bond donors (Lipinski definition) is 1. The van der Waals surface area contributed by atoms with Crippen LogP contribution < -0.4 is 10.1 Å². The second kappa shape index (κ2) is 8.41. The summed E-state index contributed by atoms with van der Waals surface area (Å²) < 4.78 is 8.03. The van der Waals surface area contributed by atoms with E-state index in [9.17, 15) is 14.4 Å². The van der Waals surface area contributed by atoms with Gasteiger partial charge in [0.1, 0.15) is 17.9 Å². The first kappa shape index (κ1) is 22.0. The topological polar surface area (TPSA) is 93.5 Å². The Hall–Kier alpha value is -3.16. The van der Waals surface area contributed by atoms with Crippen LogP contribution in [0.3, 0.4) is 0 Å². The highest BCUT2D eigenvalue weighted by Crippen LogP contribution is 2.44. The first-order chi connectivity index (χ1) is 15.2. The van der Waals surface area contributed by atoms with Gasteiger partial charge in [0, 0.05) is 44.1 Å². The number of Topliss-reactive ketones (excluding diaryl/α,β-unsaturated/α-hetero) is 1. The Balaban J connectivity index is 1.56. The molecule has 170 valence electrons. The van der Waals surface area contributed by atoms with Gasteiger partial charge in [-0.1, -0.05) is 18.2 Å². The summed E-state index contributed by atoms with van der Waals surface area (Å²) in [4.78, 5) is 38.9. The van der Waals surface area contributed by atoms with Crippen LogP contribution in [-0.4, -0.2) is 51.5 Å². The van der Waals surface area contributed by atoms with E-state index in [-0.39, 0.29) is 30.2 Å². The molecule has 2 atom stereocenters. The fourth-order valence-electron chi connectivity index (χ4n) is 4.94. The SMILES string of the molecule is CC(=O)c1c(C)nn(CC(=O)NC2CC3(CCC(=O)N(C)CC3)Oc3ccccc32)c1C. The highest BCUT2D eigenvalue weighted by Gasteiger charge is 2.43. The molecule has 1 aromatic carbocycles. The molecule has 8 heteroatoms. The van der Waals surface area contributed by atoms with Crippen molar-refractivity contribution in [3.8, 4) is 5.75 Å². The van der Waals surface area contributed by atoms with Gasteiger partial charge in [0.15, 0.2) is 5.78 Å². The zero-order valence-corrected chi connectivity index (χ0v) is 19.1. The average molecular weight is 439 g/mol. The highest BCUT2D eigenvalue weighted by molar-refractivity contribution is 5.96. The smallest absolute Gasteiger partial charge is 0.242 e. The van der Waals surface area contributed by atoms with Gasteiger partial charge < -0.3 is 15.0 Å². The van der Waals surface area contributed by atoms with Crippen LogP contribution >= 0.6 is 0 Å². The lowest BCUT2D eigenvalue weighted by Gasteiger charge is -2.42. The van der Waals surface area contributed by atoms with Crippen molar-refractivity contribution in [1.82, 2.24) is 20.0 Å². The normalized spacial score (nSPS) is 22.8. The van der Waals surface area contributed by atoms with Crippen LogP contribution in [0.15, 0.2) is 24.3 Å². The number of rotatable bonds is 4. The molecule has 0 radical (unpaired) electrons. The third-order valence-corrected chi connectivity index (χ3v) is 6.68. The Kier molecular flexibility index (Phi) is 5.79. The maximum Gasteiger partial charge on any atom is 0.242 e. The second-order valence-electron chi connectivity index (χ2n) is 8.97. The molecule has 32 heavy (non-hydrogen) atoms. The first-order valence-corrected chi connectivity index (χ1v) is 11.1. The number of ketones is 1. The Morgan fingerprint density at radius 3 is 2.72 bits per heavy atom. The minimum absolute atomic E-state index is 0.0354. The lowest BCUT2D eigenvalue weighted by Crippen LogP contribution is -2.46. The summed E-state index contributed by atoms with van der Waals surface area (Å²) >= 11 is 0. The molecule has 4 rings (SSSR count). The zero-order valence-electron chi connectivity index (χ0n) is 19.1. The van der Waals surface area contributed by atoms with Crippen molar-refractivity contribution in [1.29, 1.82) is 0 Å². The third kappa shape index (κ3) is 4.13. The molecule has 2 aliphatic heterocycles. The molecule has 2 unspecified atom stereocenters. The number of benzene rings is 1. The largest absolute Gasteiger partial charge is 0.487 e. The van der Waals surface area contributed by atoms with Crippen molar-refractivity contribution in [2.75, 3.05) is 13.6 Å². The lowest BCUT2D eigenvalue weighted by molar-refractivity contribution is -0.129. The molecule has 2 aliphatic rings. The standard InChI is InChI=1S/C24H30N4O4/c1-15-23(17(3)29)16(2)28(26-15)14-21(30)25-19-13-24(10-9-22(31)27(4)12-11-24)32-20-8-6-5-7-18(19)20/h5-8,19H,9-14H2,1-4H3,(H,25,30). The molecule has 1 fully saturated rings. The summed E-state index contributed by atoms with van der Waals surface area (Å²) in [5, 5.41) is 7.55. The summed E-state index contributed by atoms with van der Waals surface area (Å²) in [5.74, 6) is 0.644. The van der Waals surface area contributed by atoms with Gasteiger partial charge in [-0.05, 0) is 33.3 Å². The number of likely N-dealkylation sites (tertiary alicyclic amines) is 1. The summed E-state index contributed by atoms with van der Waals surface area (Å²) in [6.07, 6.45) is 2.37. The van der Waals surface area contributed by atoms with Crippen LogP contribution in [0.5, 0.6) is 5.75 Å². The van der Waals surface area contributed by atoms with Crippen molar-refractivity contribution in [2.45, 2.75) is 64.6 Å². The maximum absolute atomic E-state index is 13.0. The maximum atomic E-state index is 13.0. The van der Waals surface area contributed by atoms with E-state index in [2.05, 4.69) is 10.4 Å². The van der Waals surface area contributed by atoms with E-state index in [0.29, 0.717) is 42.8 Å². The number of para-hydroxylation sites is 1. The number of aromatic nitrogens is 2. The third-order valence-electron chi connectivity index (χ3n) is 6.68.